The number of aromatic nitrogens is 1. The van der Waals surface area contributed by atoms with Gasteiger partial charge in [0.25, 0.3) is 0 Å². The van der Waals surface area contributed by atoms with E-state index < -0.39 is 0 Å². The van der Waals surface area contributed by atoms with Crippen LogP contribution in [0.1, 0.15) is 24.6 Å². The van der Waals surface area contributed by atoms with Crippen molar-refractivity contribution < 1.29 is 10.2 Å². The zero-order valence-electron chi connectivity index (χ0n) is 9.96. The molecule has 0 aromatic carbocycles. The van der Waals surface area contributed by atoms with Gasteiger partial charge in [-0.1, -0.05) is 0 Å². The smallest absolute Gasteiger partial charge is 0.223 e. The summed E-state index contributed by atoms with van der Waals surface area (Å²) < 4.78 is 1.98. The average Bonchev–Trinajstić information content (AvgIpc) is 3.07. The van der Waals surface area contributed by atoms with Gasteiger partial charge >= 0.3 is 0 Å². The maximum Gasteiger partial charge on any atom is 0.223 e. The second kappa shape index (κ2) is 4.89. The lowest BCUT2D eigenvalue weighted by Gasteiger charge is -2.19. The molecular formula is C12H18N2O3. The molecule has 2 rings (SSSR count). The zero-order valence-corrected chi connectivity index (χ0v) is 9.96. The quantitative estimate of drug-likeness (QED) is 0.775. The molecule has 5 heteroatoms. The molecule has 0 saturated heterocycles. The van der Waals surface area contributed by atoms with E-state index in [1.54, 1.807) is 0 Å². The summed E-state index contributed by atoms with van der Waals surface area (Å²) >= 11 is 0. The van der Waals surface area contributed by atoms with Gasteiger partial charge in [0.05, 0.1) is 12.8 Å². The van der Waals surface area contributed by atoms with Gasteiger partial charge < -0.3 is 14.8 Å². The third-order valence-electron chi connectivity index (χ3n) is 3.00. The van der Waals surface area contributed by atoms with Gasteiger partial charge in [0.2, 0.25) is 5.43 Å². The van der Waals surface area contributed by atoms with Gasteiger partial charge in [0.1, 0.15) is 0 Å². The molecule has 1 aromatic rings. The summed E-state index contributed by atoms with van der Waals surface area (Å²) in [5.41, 5.74) is 0.556. The van der Waals surface area contributed by atoms with Gasteiger partial charge in [-0.2, -0.15) is 0 Å². The lowest BCUT2D eigenvalue weighted by atomic mass is 10.3. The number of nitrogens with zero attached hydrogens (tertiary/aromatic N) is 2. The second-order valence-electron chi connectivity index (χ2n) is 4.61. The van der Waals surface area contributed by atoms with Gasteiger partial charge in [0.15, 0.2) is 5.75 Å². The maximum absolute atomic E-state index is 11.4. The van der Waals surface area contributed by atoms with Crippen LogP contribution in [0.5, 0.6) is 5.75 Å². The van der Waals surface area contributed by atoms with Crippen molar-refractivity contribution in [3.8, 4) is 5.75 Å². The summed E-state index contributed by atoms with van der Waals surface area (Å²) in [5, 5.41) is 18.3. The van der Waals surface area contributed by atoms with Crippen molar-refractivity contribution in [2.75, 3.05) is 20.2 Å². The molecule has 1 saturated carbocycles. The van der Waals surface area contributed by atoms with E-state index in [1.165, 1.54) is 12.3 Å². The predicted octanol–water partition coefficient (Wildman–Crippen LogP) is 0.313. The van der Waals surface area contributed by atoms with Crippen molar-refractivity contribution in [1.29, 1.82) is 0 Å². The van der Waals surface area contributed by atoms with E-state index in [2.05, 4.69) is 0 Å². The number of aliphatic hydroxyl groups excluding tert-OH is 1. The van der Waals surface area contributed by atoms with Gasteiger partial charge in [-0.3, -0.25) is 9.69 Å². The van der Waals surface area contributed by atoms with E-state index in [-0.39, 0.29) is 17.8 Å². The molecule has 2 N–H and O–H groups in total. The number of aromatic hydroxyl groups is 1. The van der Waals surface area contributed by atoms with Crippen LogP contribution in [-0.2, 0) is 6.54 Å². The van der Waals surface area contributed by atoms with Crippen LogP contribution >= 0.6 is 0 Å². The van der Waals surface area contributed by atoms with Crippen LogP contribution in [0.2, 0.25) is 0 Å². The van der Waals surface area contributed by atoms with Crippen LogP contribution in [0.4, 0.5) is 0 Å². The minimum atomic E-state index is -0.339. The standard InChI is InChI=1S/C12H18N2O3/c1-13(4-5-15)7-10-6-11(16)12(17)8-14(10)9-2-3-9/h6,8-9,15,17H,2-5,7H2,1H3. The normalized spacial score (nSPS) is 15.5. The topological polar surface area (TPSA) is 65.7 Å². The second-order valence-corrected chi connectivity index (χ2v) is 4.61. The molecule has 94 valence electrons. The Morgan fingerprint density at radius 1 is 1.53 bits per heavy atom. The summed E-state index contributed by atoms with van der Waals surface area (Å²) in [5.74, 6) is -0.189. The molecule has 0 bridgehead atoms. The fraction of sp³-hybridized carbons (Fsp3) is 0.583. The first kappa shape index (κ1) is 12.1. The Morgan fingerprint density at radius 2 is 2.24 bits per heavy atom. The molecule has 17 heavy (non-hydrogen) atoms. The highest BCUT2D eigenvalue weighted by atomic mass is 16.3. The average molecular weight is 238 g/mol. The highest BCUT2D eigenvalue weighted by Crippen LogP contribution is 2.36. The monoisotopic (exact) mass is 238 g/mol. The molecule has 1 aromatic heterocycles. The molecule has 0 spiro atoms. The number of hydrogen-bond acceptors (Lipinski definition) is 4. The molecule has 1 heterocycles. The Balaban J connectivity index is 2.24. The van der Waals surface area contributed by atoms with Crippen molar-refractivity contribution in [3.05, 3.63) is 28.2 Å². The zero-order chi connectivity index (χ0) is 12.4. The first-order valence-corrected chi connectivity index (χ1v) is 5.85. The number of pyridine rings is 1. The first-order valence-electron chi connectivity index (χ1n) is 5.85. The van der Waals surface area contributed by atoms with E-state index in [0.717, 1.165) is 18.5 Å². The van der Waals surface area contributed by atoms with E-state index in [9.17, 15) is 9.90 Å². The SMILES string of the molecule is CN(CCO)Cc1cc(=O)c(O)cn1C1CC1. The number of hydrogen-bond donors (Lipinski definition) is 2. The van der Waals surface area contributed by atoms with Crippen LogP contribution in [0.3, 0.4) is 0 Å². The summed E-state index contributed by atoms with van der Waals surface area (Å²) in [6.45, 7) is 1.27. The fourth-order valence-corrected chi connectivity index (χ4v) is 1.92. The van der Waals surface area contributed by atoms with Gasteiger partial charge in [-0.05, 0) is 19.9 Å². The number of rotatable bonds is 5. The van der Waals surface area contributed by atoms with Gasteiger partial charge in [-0.25, -0.2) is 0 Å². The lowest BCUT2D eigenvalue weighted by Crippen LogP contribution is -2.25. The third kappa shape index (κ3) is 2.87. The molecule has 0 aliphatic heterocycles. The minimum Gasteiger partial charge on any atom is -0.503 e. The number of likely N-dealkylation sites (N-methyl/N-ethyl adjacent to an activating group) is 1. The van der Waals surface area contributed by atoms with Gasteiger partial charge in [0, 0.05) is 30.9 Å². The molecule has 0 atom stereocenters. The highest BCUT2D eigenvalue weighted by molar-refractivity contribution is 5.22. The summed E-state index contributed by atoms with van der Waals surface area (Å²) in [6.07, 6.45) is 3.72. The van der Waals surface area contributed by atoms with E-state index >= 15 is 0 Å². The minimum absolute atomic E-state index is 0.0994. The van der Waals surface area contributed by atoms with Crippen molar-refractivity contribution in [2.24, 2.45) is 0 Å². The van der Waals surface area contributed by atoms with E-state index in [0.29, 0.717) is 19.1 Å². The van der Waals surface area contributed by atoms with Crippen molar-refractivity contribution in [3.63, 3.8) is 0 Å². The van der Waals surface area contributed by atoms with Crippen LogP contribution in [0.25, 0.3) is 0 Å². The lowest BCUT2D eigenvalue weighted by molar-refractivity contribution is 0.214. The molecule has 1 fully saturated rings. The highest BCUT2D eigenvalue weighted by Gasteiger charge is 2.25. The molecule has 5 nitrogen and oxygen atoms in total. The Hall–Kier alpha value is -1.33. The largest absolute Gasteiger partial charge is 0.503 e. The van der Waals surface area contributed by atoms with E-state index in [4.69, 9.17) is 5.11 Å². The van der Waals surface area contributed by atoms with Crippen LogP contribution in [0, 0.1) is 0 Å². The summed E-state index contributed by atoms with van der Waals surface area (Å²) in [4.78, 5) is 13.4. The predicted molar refractivity (Wildman–Crippen MR) is 64.1 cm³/mol. The maximum atomic E-state index is 11.4. The van der Waals surface area contributed by atoms with Crippen molar-refractivity contribution in [2.45, 2.75) is 25.4 Å². The van der Waals surface area contributed by atoms with Crippen LogP contribution < -0.4 is 5.43 Å². The molecule has 0 radical (unpaired) electrons. The number of aliphatic hydroxyl groups is 1. The van der Waals surface area contributed by atoms with Gasteiger partial charge in [-0.15, -0.1) is 0 Å². The Kier molecular flexibility index (Phi) is 3.49. The van der Waals surface area contributed by atoms with Crippen molar-refractivity contribution >= 4 is 0 Å². The summed E-state index contributed by atoms with van der Waals surface area (Å²) in [7, 11) is 1.89. The van der Waals surface area contributed by atoms with Crippen molar-refractivity contribution in [1.82, 2.24) is 9.47 Å². The van der Waals surface area contributed by atoms with Crippen LogP contribution in [-0.4, -0.2) is 39.9 Å². The van der Waals surface area contributed by atoms with Crippen LogP contribution in [0.15, 0.2) is 17.1 Å². The summed E-state index contributed by atoms with van der Waals surface area (Å²) in [6, 6.07) is 1.90. The Morgan fingerprint density at radius 3 is 2.82 bits per heavy atom. The molecule has 1 aliphatic rings. The molecule has 0 unspecified atom stereocenters. The Labute approximate surface area is 99.9 Å². The fourth-order valence-electron chi connectivity index (χ4n) is 1.92. The molecule has 1 aliphatic carbocycles. The Bertz CT molecular complexity index is 452. The van der Waals surface area contributed by atoms with E-state index in [1.807, 2.05) is 16.5 Å². The first-order chi connectivity index (χ1) is 8.11. The molecular weight excluding hydrogens is 220 g/mol. The molecule has 0 amide bonds. The third-order valence-corrected chi connectivity index (χ3v) is 3.00.